The number of para-hydroxylation sites is 3. The lowest BCUT2D eigenvalue weighted by Gasteiger charge is -2.34. The molecule has 3 nitrogen and oxygen atoms in total. The Morgan fingerprint density at radius 1 is 0.548 bits per heavy atom. The molecule has 200 valence electrons. The first-order valence-corrected chi connectivity index (χ1v) is 14.4. The Bertz CT molecular complexity index is 2350. The summed E-state index contributed by atoms with van der Waals surface area (Å²) in [6.45, 7) is 4.56. The summed E-state index contributed by atoms with van der Waals surface area (Å²) in [4.78, 5) is 0. The molecule has 0 radical (unpaired) electrons. The van der Waals surface area contributed by atoms with E-state index in [0.717, 1.165) is 39.0 Å². The van der Waals surface area contributed by atoms with Crippen molar-refractivity contribution < 1.29 is 9.15 Å². The van der Waals surface area contributed by atoms with Crippen molar-refractivity contribution in [3.63, 3.8) is 0 Å². The molecule has 0 bridgehead atoms. The molecule has 42 heavy (non-hydrogen) atoms. The Balaban J connectivity index is 1.20. The Hall–Kier alpha value is -5.28. The number of nitrogens with zero attached hydrogens (tertiary/aromatic N) is 1. The van der Waals surface area contributed by atoms with Gasteiger partial charge in [0.2, 0.25) is 0 Å². The molecule has 0 unspecified atom stereocenters. The van der Waals surface area contributed by atoms with Crippen molar-refractivity contribution in [2.75, 3.05) is 0 Å². The van der Waals surface area contributed by atoms with Gasteiger partial charge in [-0.15, -0.1) is 0 Å². The molecule has 9 rings (SSSR count). The summed E-state index contributed by atoms with van der Waals surface area (Å²) < 4.78 is 15.3. The van der Waals surface area contributed by atoms with Crippen LogP contribution in [0, 0.1) is 0 Å². The van der Waals surface area contributed by atoms with E-state index in [4.69, 9.17) is 9.15 Å². The highest BCUT2D eigenvalue weighted by atomic mass is 16.5. The Morgan fingerprint density at radius 3 is 2.14 bits per heavy atom. The molecule has 2 aromatic heterocycles. The molecule has 0 aliphatic carbocycles. The summed E-state index contributed by atoms with van der Waals surface area (Å²) in [6, 6.07) is 45.3. The van der Waals surface area contributed by atoms with Crippen molar-refractivity contribution in [2.45, 2.75) is 19.3 Å². The van der Waals surface area contributed by atoms with E-state index in [0.29, 0.717) is 0 Å². The minimum absolute atomic E-state index is 0.264. The van der Waals surface area contributed by atoms with E-state index >= 15 is 0 Å². The second-order valence-corrected chi connectivity index (χ2v) is 11.8. The summed E-state index contributed by atoms with van der Waals surface area (Å²) in [5, 5.41) is 4.70. The van der Waals surface area contributed by atoms with E-state index in [1.807, 2.05) is 12.1 Å². The molecule has 0 atom stereocenters. The third kappa shape index (κ3) is 3.16. The lowest BCUT2D eigenvalue weighted by Crippen LogP contribution is -2.24. The average molecular weight is 542 g/mol. The summed E-state index contributed by atoms with van der Waals surface area (Å²) >= 11 is 0. The van der Waals surface area contributed by atoms with Gasteiger partial charge in [0.05, 0.1) is 11.0 Å². The molecule has 0 spiro atoms. The second-order valence-electron chi connectivity index (χ2n) is 11.8. The number of rotatable bonds is 2. The zero-order valence-corrected chi connectivity index (χ0v) is 23.4. The molecular formula is C39H27NO2. The average Bonchev–Trinajstić information content (AvgIpc) is 3.57. The minimum Gasteiger partial charge on any atom is -0.453 e. The molecule has 0 saturated heterocycles. The van der Waals surface area contributed by atoms with E-state index < -0.39 is 0 Å². The van der Waals surface area contributed by atoms with Crippen molar-refractivity contribution in [3.8, 4) is 28.3 Å². The minimum atomic E-state index is -0.264. The zero-order chi connectivity index (χ0) is 28.0. The molecule has 0 N–H and O–H groups in total. The van der Waals surface area contributed by atoms with E-state index in [-0.39, 0.29) is 5.41 Å². The number of fused-ring (bicyclic) bond motifs is 9. The van der Waals surface area contributed by atoms with Crippen LogP contribution in [0.5, 0.6) is 11.5 Å². The summed E-state index contributed by atoms with van der Waals surface area (Å²) in [5.74, 6) is 1.70. The van der Waals surface area contributed by atoms with Crippen molar-refractivity contribution in [1.29, 1.82) is 0 Å². The SMILES string of the molecule is CC1(C)c2cc(-c3ccc4c(c3)c3ccccc3n4-c3ccccc3)ccc2Oc2c1ccc1c2oc2ccccc21. The predicted octanol–water partition coefficient (Wildman–Crippen LogP) is 10.8. The van der Waals surface area contributed by atoms with Gasteiger partial charge in [-0.3, -0.25) is 0 Å². The molecule has 3 heteroatoms. The highest BCUT2D eigenvalue weighted by Crippen LogP contribution is 2.52. The predicted molar refractivity (Wildman–Crippen MR) is 172 cm³/mol. The van der Waals surface area contributed by atoms with E-state index in [9.17, 15) is 0 Å². The number of benzene rings is 6. The smallest absolute Gasteiger partial charge is 0.178 e. The van der Waals surface area contributed by atoms with E-state index in [2.05, 4.69) is 134 Å². The largest absolute Gasteiger partial charge is 0.453 e. The number of hydrogen-bond donors (Lipinski definition) is 0. The van der Waals surface area contributed by atoms with Crippen LogP contribution in [0.1, 0.15) is 25.0 Å². The van der Waals surface area contributed by atoms with E-state index in [1.54, 1.807) is 0 Å². The second kappa shape index (κ2) is 8.37. The van der Waals surface area contributed by atoms with Crippen LogP contribution in [0.3, 0.4) is 0 Å². The first-order valence-electron chi connectivity index (χ1n) is 14.4. The maximum Gasteiger partial charge on any atom is 0.178 e. The Labute approximate surface area is 243 Å². The van der Waals surface area contributed by atoms with E-state index in [1.165, 1.54) is 44.2 Å². The highest BCUT2D eigenvalue weighted by molar-refractivity contribution is 6.10. The first-order chi connectivity index (χ1) is 20.6. The monoisotopic (exact) mass is 541 g/mol. The van der Waals surface area contributed by atoms with Crippen molar-refractivity contribution in [2.24, 2.45) is 0 Å². The van der Waals surface area contributed by atoms with Crippen molar-refractivity contribution in [1.82, 2.24) is 4.57 Å². The lowest BCUT2D eigenvalue weighted by atomic mass is 9.75. The fourth-order valence-electron chi connectivity index (χ4n) is 6.91. The van der Waals surface area contributed by atoms with Gasteiger partial charge < -0.3 is 13.7 Å². The summed E-state index contributed by atoms with van der Waals surface area (Å²) in [7, 11) is 0. The third-order valence-corrected chi connectivity index (χ3v) is 9.06. The summed E-state index contributed by atoms with van der Waals surface area (Å²) in [6.07, 6.45) is 0. The molecule has 0 saturated carbocycles. The zero-order valence-electron chi connectivity index (χ0n) is 23.4. The fraction of sp³-hybridized carbons (Fsp3) is 0.0769. The quantitative estimate of drug-likeness (QED) is 0.218. The van der Waals surface area contributed by atoms with Crippen LogP contribution in [0.4, 0.5) is 0 Å². The molecule has 0 fully saturated rings. The topological polar surface area (TPSA) is 27.3 Å². The molecule has 1 aliphatic heterocycles. The van der Waals surface area contributed by atoms with Gasteiger partial charge in [-0.25, -0.2) is 0 Å². The third-order valence-electron chi connectivity index (χ3n) is 9.06. The maximum absolute atomic E-state index is 6.63. The molecular weight excluding hydrogens is 514 g/mol. The van der Waals surface area contributed by atoms with Crippen LogP contribution < -0.4 is 4.74 Å². The standard InChI is InChI=1S/C39H27NO2/c1-39(2)31-19-18-29-28-13-7-9-15-35(28)41-37(29)38(31)42-36-21-17-25(23-32(36)39)24-16-20-34-30(22-24)27-12-6-8-14-33(27)40(34)26-10-4-3-5-11-26/h3-23H,1-2H3. The van der Waals surface area contributed by atoms with Crippen LogP contribution in [0.25, 0.3) is 60.6 Å². The molecule has 6 aromatic carbocycles. The van der Waals surface area contributed by atoms with Gasteiger partial charge in [0.1, 0.15) is 11.3 Å². The number of ether oxygens (including phenoxy) is 1. The number of aromatic nitrogens is 1. The normalized spacial score (nSPS) is 13.9. The molecule has 1 aliphatic rings. The van der Waals surface area contributed by atoms with Gasteiger partial charge >= 0.3 is 0 Å². The lowest BCUT2D eigenvalue weighted by molar-refractivity contribution is 0.415. The first kappa shape index (κ1) is 23.4. The number of furan rings is 1. The number of hydrogen-bond acceptors (Lipinski definition) is 2. The summed E-state index contributed by atoms with van der Waals surface area (Å²) in [5.41, 5.74) is 9.70. The van der Waals surface area contributed by atoms with Crippen LogP contribution in [0.15, 0.2) is 132 Å². The van der Waals surface area contributed by atoms with Crippen molar-refractivity contribution in [3.05, 3.63) is 139 Å². The van der Waals surface area contributed by atoms with Crippen molar-refractivity contribution >= 4 is 43.7 Å². The van der Waals surface area contributed by atoms with Crippen LogP contribution in [0.2, 0.25) is 0 Å². The molecule has 0 amide bonds. The highest BCUT2D eigenvalue weighted by Gasteiger charge is 2.36. The van der Waals surface area contributed by atoms with Gasteiger partial charge in [-0.05, 0) is 65.7 Å². The van der Waals surface area contributed by atoms with Gasteiger partial charge in [-0.2, -0.15) is 0 Å². The van der Waals surface area contributed by atoms with Gasteiger partial charge in [0.15, 0.2) is 11.3 Å². The van der Waals surface area contributed by atoms with Gasteiger partial charge in [-0.1, -0.05) is 86.6 Å². The van der Waals surface area contributed by atoms with Crippen LogP contribution in [-0.2, 0) is 5.41 Å². The Morgan fingerprint density at radius 2 is 1.26 bits per heavy atom. The fourth-order valence-corrected chi connectivity index (χ4v) is 6.91. The van der Waals surface area contributed by atoms with Crippen LogP contribution in [-0.4, -0.2) is 4.57 Å². The maximum atomic E-state index is 6.63. The molecule has 8 aromatic rings. The Kier molecular flexibility index (Phi) is 4.67. The molecule has 3 heterocycles. The van der Waals surface area contributed by atoms with Crippen LogP contribution >= 0.6 is 0 Å². The van der Waals surface area contributed by atoms with Gasteiger partial charge in [0, 0.05) is 43.8 Å². The van der Waals surface area contributed by atoms with Gasteiger partial charge in [0.25, 0.3) is 0 Å².